The maximum atomic E-state index is 12.3. The summed E-state index contributed by atoms with van der Waals surface area (Å²) in [6, 6.07) is -3.76. The smallest absolute Gasteiger partial charge is 0.326 e. The first-order valence-electron chi connectivity index (χ1n) is 7.55. The second-order valence-corrected chi connectivity index (χ2v) is 5.66. The summed E-state index contributed by atoms with van der Waals surface area (Å²) in [4.78, 5) is 49.7. The predicted octanol–water partition coefficient (Wildman–Crippen LogP) is -3.17. The van der Waals surface area contributed by atoms with Gasteiger partial charge in [0.05, 0.1) is 12.5 Å². The van der Waals surface area contributed by atoms with E-state index in [0.29, 0.717) is 6.42 Å². The summed E-state index contributed by atoms with van der Waals surface area (Å²) in [6.07, 6.45) is -0.442. The average molecular weight is 392 g/mol. The van der Waals surface area contributed by atoms with Gasteiger partial charge in [-0.05, 0) is 12.8 Å². The number of hydrogen-bond donors (Lipinski definition) is 8. The number of rotatable bonds is 12. The third-order valence-corrected chi connectivity index (χ3v) is 3.50. The Morgan fingerprint density at radius 2 is 1.62 bits per heavy atom. The highest BCUT2D eigenvalue weighted by atomic mass is 32.1. The Labute approximate surface area is 155 Å². The van der Waals surface area contributed by atoms with Gasteiger partial charge >= 0.3 is 11.9 Å². The van der Waals surface area contributed by atoms with E-state index in [1.54, 1.807) is 0 Å². The Bertz CT molecular complexity index is 553. The summed E-state index contributed by atoms with van der Waals surface area (Å²) in [7, 11) is 0. The quantitative estimate of drug-likeness (QED) is 0.0724. The Morgan fingerprint density at radius 1 is 1.04 bits per heavy atom. The van der Waals surface area contributed by atoms with Gasteiger partial charge in [0.15, 0.2) is 5.96 Å². The van der Waals surface area contributed by atoms with Crippen molar-refractivity contribution in [3.8, 4) is 0 Å². The van der Waals surface area contributed by atoms with Crippen molar-refractivity contribution < 1.29 is 29.4 Å². The van der Waals surface area contributed by atoms with E-state index in [1.807, 2.05) is 0 Å². The minimum absolute atomic E-state index is 0.0327. The number of guanidine groups is 1. The van der Waals surface area contributed by atoms with Crippen LogP contribution in [-0.4, -0.2) is 70.3 Å². The number of nitrogens with zero attached hydrogens (tertiary/aromatic N) is 1. The van der Waals surface area contributed by atoms with Crippen LogP contribution in [0.1, 0.15) is 19.3 Å². The number of hydrogen-bond acceptors (Lipinski definition) is 7. The van der Waals surface area contributed by atoms with E-state index in [1.165, 1.54) is 0 Å². The molecule has 10 N–H and O–H groups in total. The van der Waals surface area contributed by atoms with Crippen LogP contribution in [0.2, 0.25) is 0 Å². The van der Waals surface area contributed by atoms with Crippen molar-refractivity contribution in [2.75, 3.05) is 12.3 Å². The zero-order valence-corrected chi connectivity index (χ0v) is 14.8. The number of carboxylic acid groups (broad SMARTS) is 2. The van der Waals surface area contributed by atoms with Gasteiger partial charge < -0.3 is 38.0 Å². The fraction of sp³-hybridized carbons (Fsp3) is 0.615. The fourth-order valence-corrected chi connectivity index (χ4v) is 1.95. The third-order valence-electron chi connectivity index (χ3n) is 3.11. The minimum atomic E-state index is -1.64. The van der Waals surface area contributed by atoms with Crippen molar-refractivity contribution in [2.45, 2.75) is 37.4 Å². The van der Waals surface area contributed by atoms with Crippen molar-refractivity contribution >= 4 is 42.3 Å². The van der Waals surface area contributed by atoms with Gasteiger partial charge in [-0.3, -0.25) is 19.4 Å². The molecule has 13 heteroatoms. The summed E-state index contributed by atoms with van der Waals surface area (Å²) in [5, 5.41) is 22.2. The second kappa shape index (κ2) is 11.9. The van der Waals surface area contributed by atoms with Crippen LogP contribution in [0, 0.1) is 0 Å². The number of nitrogens with two attached hydrogens (primary N) is 3. The average Bonchev–Trinajstić information content (AvgIpc) is 2.54. The molecule has 0 aliphatic carbocycles. The molecule has 0 radical (unpaired) electrons. The summed E-state index contributed by atoms with van der Waals surface area (Å²) < 4.78 is 0. The van der Waals surface area contributed by atoms with E-state index in [-0.39, 0.29) is 24.7 Å². The number of carbonyl (C=O) groups is 4. The lowest BCUT2D eigenvalue weighted by Crippen LogP contribution is -2.55. The number of carbonyl (C=O) groups excluding carboxylic acids is 2. The lowest BCUT2D eigenvalue weighted by Gasteiger charge is -2.22. The molecule has 0 aliphatic rings. The Morgan fingerprint density at radius 3 is 2.08 bits per heavy atom. The molecular weight excluding hydrogens is 368 g/mol. The molecule has 0 unspecified atom stereocenters. The van der Waals surface area contributed by atoms with Gasteiger partial charge in [0.25, 0.3) is 0 Å². The minimum Gasteiger partial charge on any atom is -0.481 e. The Balaban J connectivity index is 5.05. The summed E-state index contributed by atoms with van der Waals surface area (Å²) >= 11 is 3.88. The molecule has 2 amide bonds. The SMILES string of the molecule is NC(N)=NCCC[C@H](NC(=O)[C@@H](N)CS)C(=O)N[C@@H](CC(=O)O)C(=O)O. The summed E-state index contributed by atoms with van der Waals surface area (Å²) in [6.45, 7) is 0.179. The first-order valence-corrected chi connectivity index (χ1v) is 8.18. The van der Waals surface area contributed by atoms with Crippen LogP contribution in [0.5, 0.6) is 0 Å². The van der Waals surface area contributed by atoms with Crippen molar-refractivity contribution in [1.29, 1.82) is 0 Å². The number of aliphatic imine (C=N–C) groups is 1. The topological polar surface area (TPSA) is 223 Å². The van der Waals surface area contributed by atoms with Crippen LogP contribution in [0.4, 0.5) is 0 Å². The van der Waals surface area contributed by atoms with E-state index in [4.69, 9.17) is 27.4 Å². The number of amides is 2. The monoisotopic (exact) mass is 392 g/mol. The fourth-order valence-electron chi connectivity index (χ4n) is 1.78. The molecule has 148 valence electrons. The maximum absolute atomic E-state index is 12.3. The Kier molecular flexibility index (Phi) is 10.8. The largest absolute Gasteiger partial charge is 0.481 e. The predicted molar refractivity (Wildman–Crippen MR) is 95.5 cm³/mol. The van der Waals surface area contributed by atoms with E-state index in [2.05, 4.69) is 28.3 Å². The molecule has 26 heavy (non-hydrogen) atoms. The number of aliphatic carboxylic acids is 2. The summed E-state index contributed by atoms with van der Waals surface area (Å²) in [5.41, 5.74) is 15.9. The van der Waals surface area contributed by atoms with Gasteiger partial charge in [-0.1, -0.05) is 0 Å². The van der Waals surface area contributed by atoms with E-state index in [9.17, 15) is 19.2 Å². The van der Waals surface area contributed by atoms with Crippen LogP contribution in [0.25, 0.3) is 0 Å². The molecule has 0 heterocycles. The lowest BCUT2D eigenvalue weighted by molar-refractivity contribution is -0.147. The highest BCUT2D eigenvalue weighted by molar-refractivity contribution is 7.80. The third kappa shape index (κ3) is 9.68. The van der Waals surface area contributed by atoms with Gasteiger partial charge in [0.1, 0.15) is 12.1 Å². The molecule has 0 saturated carbocycles. The molecule has 0 saturated heterocycles. The van der Waals surface area contributed by atoms with Crippen LogP contribution in [0.15, 0.2) is 4.99 Å². The zero-order valence-electron chi connectivity index (χ0n) is 13.9. The van der Waals surface area contributed by atoms with Gasteiger partial charge in [-0.2, -0.15) is 12.6 Å². The van der Waals surface area contributed by atoms with Crippen molar-refractivity contribution in [2.24, 2.45) is 22.2 Å². The van der Waals surface area contributed by atoms with Gasteiger partial charge in [-0.25, -0.2) is 4.79 Å². The molecule has 0 aromatic carbocycles. The highest BCUT2D eigenvalue weighted by Crippen LogP contribution is 2.02. The van der Waals surface area contributed by atoms with Crippen molar-refractivity contribution in [3.05, 3.63) is 0 Å². The Hall–Kier alpha value is -2.54. The first kappa shape index (κ1) is 23.5. The molecular formula is C13H24N6O6S. The highest BCUT2D eigenvalue weighted by Gasteiger charge is 2.28. The standard InChI is InChI=1S/C13H24N6O6S/c14-6(5-26)10(22)18-7(2-1-3-17-13(15)16)11(23)19-8(12(24)25)4-9(20)21/h6-8,26H,1-5,14H2,(H,18,22)(H,19,23)(H,20,21)(H,24,25)(H4,15,16,17)/t6-,7-,8-/m0/s1. The van der Waals surface area contributed by atoms with Crippen LogP contribution >= 0.6 is 12.6 Å². The molecule has 0 spiro atoms. The van der Waals surface area contributed by atoms with E-state index < -0.39 is 48.3 Å². The molecule has 0 aromatic rings. The van der Waals surface area contributed by atoms with Crippen molar-refractivity contribution in [1.82, 2.24) is 10.6 Å². The van der Waals surface area contributed by atoms with E-state index >= 15 is 0 Å². The molecule has 0 aromatic heterocycles. The van der Waals surface area contributed by atoms with Crippen LogP contribution in [-0.2, 0) is 19.2 Å². The number of carboxylic acids is 2. The normalized spacial score (nSPS) is 13.8. The summed E-state index contributed by atoms with van der Waals surface area (Å²) in [5.74, 6) is -4.54. The van der Waals surface area contributed by atoms with Crippen molar-refractivity contribution in [3.63, 3.8) is 0 Å². The first-order chi connectivity index (χ1) is 12.1. The maximum Gasteiger partial charge on any atom is 0.326 e. The van der Waals surface area contributed by atoms with Gasteiger partial charge in [0.2, 0.25) is 11.8 Å². The second-order valence-electron chi connectivity index (χ2n) is 5.30. The van der Waals surface area contributed by atoms with Crippen LogP contribution in [0.3, 0.4) is 0 Å². The van der Waals surface area contributed by atoms with Gasteiger partial charge in [0, 0.05) is 12.3 Å². The molecule has 0 fully saturated rings. The molecule has 12 nitrogen and oxygen atoms in total. The number of nitrogens with one attached hydrogen (secondary N) is 2. The zero-order chi connectivity index (χ0) is 20.3. The molecule has 0 aliphatic heterocycles. The lowest BCUT2D eigenvalue weighted by atomic mass is 10.1. The number of thiol groups is 1. The van der Waals surface area contributed by atoms with Crippen LogP contribution < -0.4 is 27.8 Å². The molecule has 3 atom stereocenters. The van der Waals surface area contributed by atoms with Gasteiger partial charge in [-0.15, -0.1) is 0 Å². The molecule has 0 bridgehead atoms. The molecule has 0 rings (SSSR count). The van der Waals surface area contributed by atoms with E-state index in [0.717, 1.165) is 0 Å².